The topological polar surface area (TPSA) is 57.6 Å². The van der Waals surface area contributed by atoms with Crippen LogP contribution in [-0.2, 0) is 9.59 Å². The molecule has 0 unspecified atom stereocenters. The molecule has 4 nitrogen and oxygen atoms in total. The number of anilines is 1. The largest absolute Gasteiger partial charge is 0.502 e. The average Bonchev–Trinajstić information content (AvgIpc) is 3.01. The van der Waals surface area contributed by atoms with Gasteiger partial charge in [0.2, 0.25) is 0 Å². The molecule has 1 N–H and O–H groups in total. The molecule has 2 amide bonds. The summed E-state index contributed by atoms with van der Waals surface area (Å²) in [6.45, 7) is 0. The Bertz CT molecular complexity index is 719. The van der Waals surface area contributed by atoms with Crippen LogP contribution in [-0.4, -0.2) is 16.9 Å². The summed E-state index contributed by atoms with van der Waals surface area (Å²) in [6.07, 6.45) is 0. The van der Waals surface area contributed by atoms with Gasteiger partial charge in [0.15, 0.2) is 5.76 Å². The number of benzene rings is 1. The van der Waals surface area contributed by atoms with Gasteiger partial charge in [-0.2, -0.15) is 0 Å². The van der Waals surface area contributed by atoms with Gasteiger partial charge in [-0.05, 0) is 35.7 Å². The average molecular weight is 350 g/mol. The van der Waals surface area contributed by atoms with E-state index < -0.39 is 17.6 Å². The molecule has 0 radical (unpaired) electrons. The lowest BCUT2D eigenvalue weighted by Gasteiger charge is -2.14. The van der Waals surface area contributed by atoms with Crippen LogP contribution in [0.2, 0.25) is 0 Å². The zero-order chi connectivity index (χ0) is 14.3. The highest BCUT2D eigenvalue weighted by atomic mass is 79.9. The van der Waals surface area contributed by atoms with Crippen molar-refractivity contribution in [1.29, 1.82) is 0 Å². The third-order valence-corrected chi connectivity index (χ3v) is 4.33. The normalized spacial score (nSPS) is 15.3. The summed E-state index contributed by atoms with van der Waals surface area (Å²) in [4.78, 5) is 26.1. The Morgan fingerprint density at radius 3 is 2.35 bits per heavy atom. The predicted molar refractivity (Wildman–Crippen MR) is 80.5 cm³/mol. The van der Waals surface area contributed by atoms with Crippen molar-refractivity contribution in [3.05, 3.63) is 56.9 Å². The van der Waals surface area contributed by atoms with E-state index in [1.807, 2.05) is 0 Å². The summed E-state index contributed by atoms with van der Waals surface area (Å²) >= 11 is 4.60. The number of hydrogen-bond donors (Lipinski definition) is 1. The van der Waals surface area contributed by atoms with Crippen molar-refractivity contribution < 1.29 is 14.7 Å². The first-order valence-electron chi connectivity index (χ1n) is 5.71. The van der Waals surface area contributed by atoms with Crippen molar-refractivity contribution in [2.75, 3.05) is 4.90 Å². The molecule has 0 atom stereocenters. The van der Waals surface area contributed by atoms with E-state index in [2.05, 4.69) is 15.9 Å². The number of carbonyl (C=O) groups is 2. The fraction of sp³-hybridized carbons (Fsp3) is 0. The Balaban J connectivity index is 2.04. The zero-order valence-corrected chi connectivity index (χ0v) is 12.4. The summed E-state index contributed by atoms with van der Waals surface area (Å²) in [5.41, 5.74) is 0.495. The van der Waals surface area contributed by atoms with Crippen LogP contribution in [0, 0.1) is 0 Å². The van der Waals surface area contributed by atoms with Gasteiger partial charge >= 0.3 is 5.91 Å². The number of carbonyl (C=O) groups excluding carboxylic acids is 2. The minimum Gasteiger partial charge on any atom is -0.502 e. The predicted octanol–water partition coefficient (Wildman–Crippen LogP) is 3.35. The molecule has 0 bridgehead atoms. The number of hydrogen-bond acceptors (Lipinski definition) is 4. The highest BCUT2D eigenvalue weighted by molar-refractivity contribution is 9.10. The maximum absolute atomic E-state index is 12.4. The van der Waals surface area contributed by atoms with E-state index in [1.165, 1.54) is 11.3 Å². The van der Waals surface area contributed by atoms with Crippen molar-refractivity contribution in [3.8, 4) is 0 Å². The van der Waals surface area contributed by atoms with Crippen LogP contribution >= 0.6 is 27.3 Å². The van der Waals surface area contributed by atoms with Crippen LogP contribution in [0.1, 0.15) is 4.88 Å². The third kappa shape index (κ3) is 1.97. The summed E-state index contributed by atoms with van der Waals surface area (Å²) in [7, 11) is 0. The molecule has 1 aliphatic rings. The Labute approximate surface area is 127 Å². The highest BCUT2D eigenvalue weighted by Gasteiger charge is 2.40. The van der Waals surface area contributed by atoms with E-state index in [9.17, 15) is 14.7 Å². The number of rotatable bonds is 2. The zero-order valence-electron chi connectivity index (χ0n) is 10.0. The van der Waals surface area contributed by atoms with Gasteiger partial charge in [0.05, 0.1) is 5.69 Å². The van der Waals surface area contributed by atoms with Gasteiger partial charge in [0, 0.05) is 9.35 Å². The Hall–Kier alpha value is -1.92. The molecule has 0 saturated carbocycles. The maximum atomic E-state index is 12.4. The molecule has 2 heterocycles. The van der Waals surface area contributed by atoms with Gasteiger partial charge < -0.3 is 5.11 Å². The number of amides is 2. The van der Waals surface area contributed by atoms with E-state index in [4.69, 9.17) is 0 Å². The standard InChI is InChI=1S/C14H8BrNO3S/c15-8-3-5-9(6-4-8)16-13(18)11(12(17)14(16)19)10-2-1-7-20-10/h1-7,17H. The first kappa shape index (κ1) is 13.1. The van der Waals surface area contributed by atoms with Crippen LogP contribution < -0.4 is 4.90 Å². The number of aliphatic hydroxyl groups excluding tert-OH is 1. The first-order valence-corrected chi connectivity index (χ1v) is 7.38. The molecule has 0 saturated heterocycles. The van der Waals surface area contributed by atoms with Crippen LogP contribution in [0.4, 0.5) is 5.69 Å². The quantitative estimate of drug-likeness (QED) is 0.845. The van der Waals surface area contributed by atoms with Gasteiger partial charge in [-0.1, -0.05) is 22.0 Å². The third-order valence-electron chi connectivity index (χ3n) is 2.91. The molecular weight excluding hydrogens is 342 g/mol. The molecule has 1 aromatic heterocycles. The van der Waals surface area contributed by atoms with Crippen LogP contribution in [0.3, 0.4) is 0 Å². The number of aliphatic hydroxyl groups is 1. The maximum Gasteiger partial charge on any atom is 0.301 e. The van der Waals surface area contributed by atoms with Gasteiger partial charge in [-0.25, -0.2) is 4.90 Å². The van der Waals surface area contributed by atoms with E-state index in [0.29, 0.717) is 10.6 Å². The van der Waals surface area contributed by atoms with E-state index in [-0.39, 0.29) is 5.57 Å². The molecule has 0 fully saturated rings. The van der Waals surface area contributed by atoms with Crippen molar-refractivity contribution in [1.82, 2.24) is 0 Å². The lowest BCUT2D eigenvalue weighted by molar-refractivity contribution is -0.121. The second-order valence-corrected chi connectivity index (χ2v) is 5.99. The van der Waals surface area contributed by atoms with Crippen molar-refractivity contribution in [2.45, 2.75) is 0 Å². The number of nitrogens with zero attached hydrogens (tertiary/aromatic N) is 1. The fourth-order valence-corrected chi connectivity index (χ4v) is 3.01. The molecule has 0 spiro atoms. The molecule has 6 heteroatoms. The minimum atomic E-state index is -0.694. The van der Waals surface area contributed by atoms with Crippen LogP contribution in [0.25, 0.3) is 5.57 Å². The second kappa shape index (κ2) is 4.88. The van der Waals surface area contributed by atoms with Gasteiger partial charge in [-0.15, -0.1) is 11.3 Å². The van der Waals surface area contributed by atoms with E-state index in [0.717, 1.165) is 9.37 Å². The van der Waals surface area contributed by atoms with E-state index >= 15 is 0 Å². The molecular formula is C14H8BrNO3S. The Kier molecular flexibility index (Phi) is 3.19. The number of thiophene rings is 1. The number of imide groups is 1. The highest BCUT2D eigenvalue weighted by Crippen LogP contribution is 2.34. The van der Waals surface area contributed by atoms with Crippen molar-refractivity contribution in [2.24, 2.45) is 0 Å². The molecule has 1 aromatic carbocycles. The van der Waals surface area contributed by atoms with Crippen molar-refractivity contribution >= 4 is 50.3 Å². The van der Waals surface area contributed by atoms with Crippen molar-refractivity contribution in [3.63, 3.8) is 0 Å². The summed E-state index contributed by atoms with van der Waals surface area (Å²) < 4.78 is 0.844. The fourth-order valence-electron chi connectivity index (χ4n) is 1.99. The summed E-state index contributed by atoms with van der Waals surface area (Å²) in [5.74, 6) is -1.70. The Morgan fingerprint density at radius 1 is 1.05 bits per heavy atom. The molecule has 3 rings (SSSR count). The monoisotopic (exact) mass is 349 g/mol. The molecule has 1 aliphatic heterocycles. The smallest absolute Gasteiger partial charge is 0.301 e. The van der Waals surface area contributed by atoms with Gasteiger partial charge in [0.25, 0.3) is 5.91 Å². The summed E-state index contributed by atoms with van der Waals surface area (Å²) in [6, 6.07) is 10.2. The van der Waals surface area contributed by atoms with Crippen LogP contribution in [0.15, 0.2) is 52.0 Å². The van der Waals surface area contributed by atoms with Gasteiger partial charge in [0.1, 0.15) is 5.57 Å². The SMILES string of the molecule is O=C1C(O)=C(c2cccs2)C(=O)N1c1ccc(Br)cc1. The summed E-state index contributed by atoms with van der Waals surface area (Å²) in [5, 5.41) is 11.7. The van der Waals surface area contributed by atoms with E-state index in [1.54, 1.807) is 41.8 Å². The molecule has 0 aliphatic carbocycles. The molecule has 2 aromatic rings. The van der Waals surface area contributed by atoms with Crippen LogP contribution in [0.5, 0.6) is 0 Å². The first-order chi connectivity index (χ1) is 9.59. The Morgan fingerprint density at radius 2 is 1.75 bits per heavy atom. The molecule has 100 valence electrons. The van der Waals surface area contributed by atoms with Gasteiger partial charge in [-0.3, -0.25) is 9.59 Å². The second-order valence-electron chi connectivity index (χ2n) is 4.12. The number of halogens is 1. The lowest BCUT2D eigenvalue weighted by atomic mass is 10.2. The lowest BCUT2D eigenvalue weighted by Crippen LogP contribution is -2.31. The molecule has 20 heavy (non-hydrogen) atoms. The minimum absolute atomic E-state index is 0.0629.